The first-order chi connectivity index (χ1) is 9.15. The van der Waals surface area contributed by atoms with Gasteiger partial charge in [-0.05, 0) is 18.6 Å². The van der Waals surface area contributed by atoms with Crippen molar-refractivity contribution in [2.75, 3.05) is 32.8 Å². The van der Waals surface area contributed by atoms with Gasteiger partial charge in [0, 0.05) is 19.6 Å². The summed E-state index contributed by atoms with van der Waals surface area (Å²) in [6.45, 7) is 4.52. The van der Waals surface area contributed by atoms with Gasteiger partial charge in [-0.3, -0.25) is 10.6 Å². The van der Waals surface area contributed by atoms with Gasteiger partial charge in [0.2, 0.25) is 6.35 Å². The van der Waals surface area contributed by atoms with Crippen LogP contribution in [-0.4, -0.2) is 55.4 Å². The Bertz CT molecular complexity index is 440. The molecule has 3 aliphatic rings. The van der Waals surface area contributed by atoms with Crippen molar-refractivity contribution in [3.63, 3.8) is 0 Å². The summed E-state index contributed by atoms with van der Waals surface area (Å²) in [6, 6.07) is 0. The van der Waals surface area contributed by atoms with Crippen LogP contribution in [0.1, 0.15) is 6.42 Å². The van der Waals surface area contributed by atoms with E-state index in [-0.39, 0.29) is 0 Å². The average Bonchev–Trinajstić information content (AvgIpc) is 2.77. The van der Waals surface area contributed by atoms with E-state index in [1.54, 1.807) is 0 Å². The van der Waals surface area contributed by atoms with Gasteiger partial charge in [0.15, 0.2) is 0 Å². The minimum atomic E-state index is -0.590. The van der Waals surface area contributed by atoms with Gasteiger partial charge in [-0.2, -0.15) is 0 Å². The number of morpholine rings is 1. The van der Waals surface area contributed by atoms with Crippen molar-refractivity contribution in [1.29, 1.82) is 0 Å². The van der Waals surface area contributed by atoms with Gasteiger partial charge in [-0.1, -0.05) is 6.08 Å². The number of nitrogens with two attached hydrogens (primary N) is 2. The predicted octanol–water partition coefficient (Wildman–Crippen LogP) is -0.427. The van der Waals surface area contributed by atoms with E-state index in [2.05, 4.69) is 9.89 Å². The van der Waals surface area contributed by atoms with Crippen LogP contribution in [0.3, 0.4) is 0 Å². The molecule has 104 valence electrons. The number of rotatable bonds is 3. The molecule has 1 saturated heterocycles. The molecule has 0 aromatic rings. The second-order valence-electron chi connectivity index (χ2n) is 5.18. The van der Waals surface area contributed by atoms with Crippen molar-refractivity contribution in [2.24, 2.45) is 16.5 Å². The highest BCUT2D eigenvalue weighted by Crippen LogP contribution is 2.25. The summed E-state index contributed by atoms with van der Waals surface area (Å²) in [4.78, 5) is 6.53. The summed E-state index contributed by atoms with van der Waals surface area (Å²) < 4.78 is 10.8. The molecule has 2 atom stereocenters. The Morgan fingerprint density at radius 2 is 2.21 bits per heavy atom. The Morgan fingerprint density at radius 3 is 3.00 bits per heavy atom. The Labute approximate surface area is 112 Å². The van der Waals surface area contributed by atoms with Gasteiger partial charge < -0.3 is 15.2 Å². The van der Waals surface area contributed by atoms with Crippen LogP contribution in [0.2, 0.25) is 0 Å². The third-order valence-corrected chi connectivity index (χ3v) is 3.68. The van der Waals surface area contributed by atoms with E-state index in [9.17, 15) is 0 Å². The molecule has 0 amide bonds. The largest absolute Gasteiger partial charge is 0.454 e. The first-order valence-corrected chi connectivity index (χ1v) is 6.66. The maximum absolute atomic E-state index is 6.38. The lowest BCUT2D eigenvalue weighted by Crippen LogP contribution is -2.44. The van der Waals surface area contributed by atoms with Crippen LogP contribution in [-0.2, 0) is 9.47 Å². The van der Waals surface area contributed by atoms with Crippen molar-refractivity contribution in [3.8, 4) is 0 Å². The topological polar surface area (TPSA) is 86.1 Å². The molecule has 6 heteroatoms. The first kappa shape index (κ1) is 12.8. The van der Waals surface area contributed by atoms with Crippen molar-refractivity contribution >= 4 is 5.71 Å². The fourth-order valence-corrected chi connectivity index (χ4v) is 2.51. The number of allylic oxidation sites excluding steroid dienone is 1. The lowest BCUT2D eigenvalue weighted by Gasteiger charge is -2.31. The molecular weight excluding hydrogens is 244 g/mol. The molecule has 2 unspecified atom stereocenters. The van der Waals surface area contributed by atoms with Gasteiger partial charge in [-0.25, -0.2) is 4.99 Å². The van der Waals surface area contributed by atoms with E-state index in [1.807, 2.05) is 18.2 Å². The molecule has 19 heavy (non-hydrogen) atoms. The zero-order valence-corrected chi connectivity index (χ0v) is 10.9. The second kappa shape index (κ2) is 5.05. The second-order valence-corrected chi connectivity index (χ2v) is 5.18. The molecule has 4 N–H and O–H groups in total. The zero-order valence-electron chi connectivity index (χ0n) is 10.9. The zero-order chi connectivity index (χ0) is 13.3. The minimum absolute atomic E-state index is 0.475. The molecule has 0 aromatic heterocycles. The third kappa shape index (κ3) is 2.87. The smallest absolute Gasteiger partial charge is 0.245 e. The van der Waals surface area contributed by atoms with Crippen molar-refractivity contribution in [1.82, 2.24) is 4.90 Å². The molecule has 0 radical (unpaired) electrons. The fourth-order valence-electron chi connectivity index (χ4n) is 2.51. The number of fused-ring (bicyclic) bond motifs is 1. The molecule has 0 saturated carbocycles. The van der Waals surface area contributed by atoms with Gasteiger partial charge in [0.25, 0.3) is 0 Å². The van der Waals surface area contributed by atoms with Crippen LogP contribution >= 0.6 is 0 Å². The normalized spacial score (nSPS) is 34.5. The summed E-state index contributed by atoms with van der Waals surface area (Å²) >= 11 is 0. The first-order valence-electron chi connectivity index (χ1n) is 6.66. The molecule has 2 heterocycles. The fraction of sp³-hybridized carbons (Fsp3) is 0.615. The van der Waals surface area contributed by atoms with Crippen LogP contribution in [0.5, 0.6) is 0 Å². The Morgan fingerprint density at radius 1 is 1.42 bits per heavy atom. The third-order valence-electron chi connectivity index (χ3n) is 3.68. The van der Waals surface area contributed by atoms with E-state index in [0.29, 0.717) is 5.76 Å². The van der Waals surface area contributed by atoms with Gasteiger partial charge in [0.05, 0.1) is 18.8 Å². The number of aliphatic imine (C=N–C) groups is 1. The quantitative estimate of drug-likeness (QED) is 0.722. The SMILES string of the molecule is NC1N=C2C=CC(N)(CCN3CCOCC3)C=C2O1. The standard InChI is InChI=1S/C13H20N4O2/c14-12-16-10-1-2-13(15,9-11(10)19-12)3-4-17-5-7-18-8-6-17/h1-2,9,12H,3-8,14-15H2. The monoisotopic (exact) mass is 264 g/mol. The summed E-state index contributed by atoms with van der Waals surface area (Å²) in [5.74, 6) is 0.708. The molecular formula is C13H20N4O2. The lowest BCUT2D eigenvalue weighted by atomic mass is 9.90. The van der Waals surface area contributed by atoms with Crippen LogP contribution in [0.15, 0.2) is 29.0 Å². The highest BCUT2D eigenvalue weighted by Gasteiger charge is 2.30. The van der Waals surface area contributed by atoms with E-state index in [1.165, 1.54) is 0 Å². The van der Waals surface area contributed by atoms with E-state index < -0.39 is 11.9 Å². The predicted molar refractivity (Wildman–Crippen MR) is 72.5 cm³/mol. The Balaban J connectivity index is 1.61. The molecule has 0 bridgehead atoms. The van der Waals surface area contributed by atoms with Gasteiger partial charge >= 0.3 is 0 Å². The van der Waals surface area contributed by atoms with Crippen LogP contribution < -0.4 is 11.5 Å². The molecule has 1 aliphatic carbocycles. The molecule has 6 nitrogen and oxygen atoms in total. The maximum Gasteiger partial charge on any atom is 0.245 e. The van der Waals surface area contributed by atoms with E-state index in [4.69, 9.17) is 20.9 Å². The van der Waals surface area contributed by atoms with Crippen molar-refractivity contribution < 1.29 is 9.47 Å². The lowest BCUT2D eigenvalue weighted by molar-refractivity contribution is 0.0361. The van der Waals surface area contributed by atoms with E-state index in [0.717, 1.165) is 45.0 Å². The van der Waals surface area contributed by atoms with Gasteiger partial charge in [-0.15, -0.1) is 0 Å². The minimum Gasteiger partial charge on any atom is -0.454 e. The molecule has 0 spiro atoms. The summed E-state index contributed by atoms with van der Waals surface area (Å²) in [5.41, 5.74) is 12.3. The Hall–Kier alpha value is -1.21. The van der Waals surface area contributed by atoms with Crippen LogP contribution in [0.25, 0.3) is 0 Å². The number of nitrogens with zero attached hydrogens (tertiary/aromatic N) is 2. The Kier molecular flexibility index (Phi) is 3.40. The van der Waals surface area contributed by atoms with Crippen LogP contribution in [0, 0.1) is 0 Å². The average molecular weight is 264 g/mol. The number of ether oxygens (including phenoxy) is 2. The summed E-state index contributed by atoms with van der Waals surface area (Å²) in [6.07, 6.45) is 6.07. The molecule has 0 aromatic carbocycles. The summed E-state index contributed by atoms with van der Waals surface area (Å²) in [5, 5.41) is 0. The number of hydrogen-bond acceptors (Lipinski definition) is 6. The summed E-state index contributed by atoms with van der Waals surface area (Å²) in [7, 11) is 0. The van der Waals surface area contributed by atoms with Crippen molar-refractivity contribution in [2.45, 2.75) is 18.3 Å². The maximum atomic E-state index is 6.38. The van der Waals surface area contributed by atoms with E-state index >= 15 is 0 Å². The van der Waals surface area contributed by atoms with Gasteiger partial charge in [0.1, 0.15) is 11.5 Å². The van der Waals surface area contributed by atoms with Crippen molar-refractivity contribution in [3.05, 3.63) is 24.0 Å². The molecule has 2 aliphatic heterocycles. The highest BCUT2D eigenvalue weighted by atomic mass is 16.5. The van der Waals surface area contributed by atoms with Crippen LogP contribution in [0.4, 0.5) is 0 Å². The molecule has 3 rings (SSSR count). The number of hydrogen-bond donors (Lipinski definition) is 2. The molecule has 1 fully saturated rings. The highest BCUT2D eigenvalue weighted by molar-refractivity contribution is 6.09.